The second kappa shape index (κ2) is 5.90. The first-order valence-electron chi connectivity index (χ1n) is 6.23. The van der Waals surface area contributed by atoms with E-state index in [1.165, 1.54) is 6.07 Å². The average Bonchev–Trinajstić information content (AvgIpc) is 2.36. The molecule has 0 radical (unpaired) electrons. The maximum absolute atomic E-state index is 12.4. The highest BCUT2D eigenvalue weighted by Gasteiger charge is 2.32. The van der Waals surface area contributed by atoms with Gasteiger partial charge < -0.3 is 9.29 Å². The van der Waals surface area contributed by atoms with Gasteiger partial charge >= 0.3 is 6.18 Å². The molecule has 1 aliphatic rings. The fourth-order valence-corrected chi connectivity index (χ4v) is 3.16. The van der Waals surface area contributed by atoms with E-state index >= 15 is 0 Å². The van der Waals surface area contributed by atoms with Gasteiger partial charge in [0.15, 0.2) is 0 Å². The van der Waals surface area contributed by atoms with E-state index < -0.39 is 33.7 Å². The van der Waals surface area contributed by atoms with E-state index in [0.29, 0.717) is 18.3 Å². The van der Waals surface area contributed by atoms with Crippen molar-refractivity contribution in [1.82, 2.24) is 4.98 Å². The van der Waals surface area contributed by atoms with Gasteiger partial charge in [-0.05, 0) is 30.9 Å². The topological polar surface area (TPSA) is 79.3 Å². The number of halogens is 3. The zero-order chi connectivity index (χ0) is 15.7. The van der Waals surface area contributed by atoms with Crippen LogP contribution in [0.5, 0.6) is 0 Å². The van der Waals surface area contributed by atoms with Crippen LogP contribution in [-0.2, 0) is 21.0 Å². The standard InChI is InChI=1S/C12H14F3NO4S/c13-12(14,15)9-1-2-10(16-6-9)11-5-8(3-4-20-11)7-21(17,18)19/h1-2,6,8,11H,3-5,7H2,(H,17,18,19)/p-1. The minimum absolute atomic E-state index is 0.244. The second-order valence-electron chi connectivity index (χ2n) is 4.94. The third-order valence-electron chi connectivity index (χ3n) is 3.28. The summed E-state index contributed by atoms with van der Waals surface area (Å²) in [6.07, 6.45) is -3.66. The van der Waals surface area contributed by atoms with Gasteiger partial charge in [0.2, 0.25) is 0 Å². The Morgan fingerprint density at radius 1 is 1.38 bits per heavy atom. The van der Waals surface area contributed by atoms with E-state index in [4.69, 9.17) is 4.74 Å². The summed E-state index contributed by atoms with van der Waals surface area (Å²) in [5, 5.41) is 0. The SMILES string of the molecule is O=S(=O)([O-])CC1CCOC(c2ccc(C(F)(F)F)cn2)C1. The number of hydrogen-bond acceptors (Lipinski definition) is 5. The third kappa shape index (κ3) is 4.65. The summed E-state index contributed by atoms with van der Waals surface area (Å²) in [6, 6.07) is 2.11. The van der Waals surface area contributed by atoms with Crippen LogP contribution in [0.1, 0.15) is 30.2 Å². The van der Waals surface area contributed by atoms with Crippen LogP contribution in [0.15, 0.2) is 18.3 Å². The van der Waals surface area contributed by atoms with Crippen LogP contribution in [0.3, 0.4) is 0 Å². The van der Waals surface area contributed by atoms with Crippen molar-refractivity contribution >= 4 is 10.1 Å². The first kappa shape index (κ1) is 16.2. The number of nitrogens with zero attached hydrogens (tertiary/aromatic N) is 1. The lowest BCUT2D eigenvalue weighted by Gasteiger charge is -2.29. The lowest BCUT2D eigenvalue weighted by molar-refractivity contribution is -0.137. The molecule has 0 aliphatic carbocycles. The van der Waals surface area contributed by atoms with Gasteiger partial charge in [-0.15, -0.1) is 0 Å². The molecule has 1 aromatic heterocycles. The minimum Gasteiger partial charge on any atom is -0.748 e. The molecule has 0 spiro atoms. The molecular formula is C12H13F3NO4S-. The predicted octanol–water partition coefficient (Wildman–Crippen LogP) is 2.11. The normalized spacial score (nSPS) is 24.0. The Morgan fingerprint density at radius 2 is 2.10 bits per heavy atom. The predicted molar refractivity (Wildman–Crippen MR) is 65.2 cm³/mol. The Bertz CT molecular complexity index is 586. The number of hydrogen-bond donors (Lipinski definition) is 0. The van der Waals surface area contributed by atoms with Crippen molar-refractivity contribution in [2.24, 2.45) is 5.92 Å². The smallest absolute Gasteiger partial charge is 0.417 e. The lowest BCUT2D eigenvalue weighted by atomic mass is 9.95. The third-order valence-corrected chi connectivity index (χ3v) is 4.16. The summed E-state index contributed by atoms with van der Waals surface area (Å²) in [4.78, 5) is 3.73. The molecule has 1 aliphatic heterocycles. The van der Waals surface area contributed by atoms with Crippen molar-refractivity contribution in [3.8, 4) is 0 Å². The van der Waals surface area contributed by atoms with Crippen molar-refractivity contribution in [1.29, 1.82) is 0 Å². The van der Waals surface area contributed by atoms with Gasteiger partial charge in [-0.1, -0.05) is 0 Å². The Balaban J connectivity index is 2.08. The molecule has 2 rings (SSSR count). The number of pyridine rings is 1. The van der Waals surface area contributed by atoms with Crippen LogP contribution in [0.25, 0.3) is 0 Å². The first-order chi connectivity index (χ1) is 9.65. The largest absolute Gasteiger partial charge is 0.748 e. The molecule has 2 unspecified atom stereocenters. The van der Waals surface area contributed by atoms with Crippen LogP contribution < -0.4 is 0 Å². The highest BCUT2D eigenvalue weighted by Crippen LogP contribution is 2.33. The highest BCUT2D eigenvalue weighted by atomic mass is 32.2. The lowest BCUT2D eigenvalue weighted by Crippen LogP contribution is -2.26. The zero-order valence-corrected chi connectivity index (χ0v) is 11.7. The molecule has 0 aromatic carbocycles. The van der Waals surface area contributed by atoms with Gasteiger partial charge in [0.1, 0.15) is 0 Å². The average molecular weight is 324 g/mol. The summed E-state index contributed by atoms with van der Waals surface area (Å²) in [5.41, 5.74) is -0.559. The van der Waals surface area contributed by atoms with E-state index in [1.54, 1.807) is 0 Å². The molecule has 118 valence electrons. The summed E-state index contributed by atoms with van der Waals surface area (Å²) in [6.45, 7) is 0.244. The van der Waals surface area contributed by atoms with Crippen molar-refractivity contribution in [3.63, 3.8) is 0 Å². The van der Waals surface area contributed by atoms with Crippen LogP contribution in [0, 0.1) is 5.92 Å². The maximum atomic E-state index is 12.4. The molecule has 1 saturated heterocycles. The quantitative estimate of drug-likeness (QED) is 0.796. The molecule has 2 heterocycles. The van der Waals surface area contributed by atoms with Gasteiger partial charge in [-0.2, -0.15) is 13.2 Å². The molecule has 1 fully saturated rings. The van der Waals surface area contributed by atoms with Crippen molar-refractivity contribution < 1.29 is 30.9 Å². The molecule has 0 saturated carbocycles. The molecule has 9 heteroatoms. The Kier molecular flexibility index (Phi) is 4.54. The van der Waals surface area contributed by atoms with Crippen LogP contribution in [0.4, 0.5) is 13.2 Å². The molecule has 0 N–H and O–H groups in total. The van der Waals surface area contributed by atoms with Gasteiger partial charge in [0.25, 0.3) is 0 Å². The van der Waals surface area contributed by atoms with E-state index in [1.807, 2.05) is 0 Å². The van der Waals surface area contributed by atoms with Gasteiger partial charge in [-0.25, -0.2) is 8.42 Å². The summed E-state index contributed by atoms with van der Waals surface area (Å²) >= 11 is 0. The molecule has 0 amide bonds. The van der Waals surface area contributed by atoms with Gasteiger partial charge in [0.05, 0.1) is 27.5 Å². The van der Waals surface area contributed by atoms with Crippen molar-refractivity contribution in [2.75, 3.05) is 12.4 Å². The van der Waals surface area contributed by atoms with Gasteiger partial charge in [-0.3, -0.25) is 4.98 Å². The fourth-order valence-electron chi connectivity index (χ4n) is 2.28. The van der Waals surface area contributed by atoms with E-state index in [2.05, 4.69) is 4.98 Å². The van der Waals surface area contributed by atoms with Crippen LogP contribution in [0.2, 0.25) is 0 Å². The Hall–Kier alpha value is -1.19. The Labute approximate surface area is 119 Å². The number of aromatic nitrogens is 1. The maximum Gasteiger partial charge on any atom is 0.417 e. The van der Waals surface area contributed by atoms with Gasteiger partial charge in [0, 0.05) is 18.6 Å². The van der Waals surface area contributed by atoms with Crippen LogP contribution in [-0.4, -0.2) is 30.3 Å². The molecule has 2 atom stereocenters. The van der Waals surface area contributed by atoms with Crippen molar-refractivity contribution in [2.45, 2.75) is 25.1 Å². The monoisotopic (exact) mass is 324 g/mol. The zero-order valence-electron chi connectivity index (χ0n) is 10.8. The number of ether oxygens (including phenoxy) is 1. The first-order valence-corrected chi connectivity index (χ1v) is 7.81. The van der Waals surface area contributed by atoms with E-state index in [9.17, 15) is 26.1 Å². The number of alkyl halides is 3. The Morgan fingerprint density at radius 3 is 2.62 bits per heavy atom. The highest BCUT2D eigenvalue weighted by molar-refractivity contribution is 7.85. The van der Waals surface area contributed by atoms with Crippen LogP contribution >= 0.6 is 0 Å². The summed E-state index contributed by atoms with van der Waals surface area (Å²) in [5.74, 6) is -0.858. The van der Waals surface area contributed by atoms with Crippen molar-refractivity contribution in [3.05, 3.63) is 29.6 Å². The molecular weight excluding hydrogens is 311 g/mol. The molecule has 1 aromatic rings. The molecule has 0 bridgehead atoms. The number of rotatable bonds is 3. The van der Waals surface area contributed by atoms with E-state index in [-0.39, 0.29) is 18.9 Å². The van der Waals surface area contributed by atoms with E-state index in [0.717, 1.165) is 6.07 Å². The minimum atomic E-state index is -4.46. The fraction of sp³-hybridized carbons (Fsp3) is 0.583. The molecule has 5 nitrogen and oxygen atoms in total. The summed E-state index contributed by atoms with van der Waals surface area (Å²) < 4.78 is 75.0. The molecule has 21 heavy (non-hydrogen) atoms. The summed E-state index contributed by atoms with van der Waals surface area (Å²) in [7, 11) is -4.33. The second-order valence-corrected chi connectivity index (χ2v) is 6.39.